The van der Waals surface area contributed by atoms with Crippen LogP contribution in [0.2, 0.25) is 0 Å². The van der Waals surface area contributed by atoms with Crippen LogP contribution in [0.5, 0.6) is 11.5 Å². The van der Waals surface area contributed by atoms with E-state index in [1.165, 1.54) is 5.56 Å². The lowest BCUT2D eigenvalue weighted by atomic mass is 10.1. The van der Waals surface area contributed by atoms with Gasteiger partial charge in [-0.05, 0) is 68.2 Å². The molecular weight excluding hydrogens is 524 g/mol. The third-order valence-corrected chi connectivity index (χ3v) is 8.81. The number of sulfone groups is 1. The Morgan fingerprint density at radius 1 is 0.850 bits per heavy atom. The normalized spacial score (nSPS) is 11.8. The van der Waals surface area contributed by atoms with Crippen LogP contribution in [-0.2, 0) is 22.7 Å². The summed E-state index contributed by atoms with van der Waals surface area (Å²) in [6, 6.07) is 22.5. The van der Waals surface area contributed by atoms with Crippen molar-refractivity contribution in [2.24, 2.45) is 0 Å². The van der Waals surface area contributed by atoms with Gasteiger partial charge in [0, 0.05) is 18.0 Å². The van der Waals surface area contributed by atoms with Crippen LogP contribution in [0.3, 0.4) is 0 Å². The smallest absolute Gasteiger partial charge is 0.212 e. The lowest BCUT2D eigenvalue weighted by molar-refractivity contribution is 0.332. The second kappa shape index (κ2) is 13.2. The molecule has 212 valence electrons. The van der Waals surface area contributed by atoms with E-state index in [0.717, 1.165) is 49.4 Å². The highest BCUT2D eigenvalue weighted by atomic mass is 32.2. The SMILES string of the molecule is COc1ccc(CCN(C)CCCc2ccc(S(=O)(=O)c3c(-c4ccccc4)noc3C(C)C)cc2)cc1OC. The lowest BCUT2D eigenvalue weighted by Crippen LogP contribution is -2.22. The van der Waals surface area contributed by atoms with Gasteiger partial charge in [0.05, 0.1) is 19.1 Å². The first-order chi connectivity index (χ1) is 19.2. The Bertz CT molecular complexity index is 1500. The van der Waals surface area contributed by atoms with Crippen molar-refractivity contribution in [2.75, 3.05) is 34.4 Å². The summed E-state index contributed by atoms with van der Waals surface area (Å²) < 4.78 is 43.8. The number of hydrogen-bond donors (Lipinski definition) is 0. The quantitative estimate of drug-likeness (QED) is 0.186. The van der Waals surface area contributed by atoms with E-state index < -0.39 is 9.84 Å². The average Bonchev–Trinajstić information content (AvgIpc) is 3.43. The predicted octanol–water partition coefficient (Wildman–Crippen LogP) is 6.42. The number of rotatable bonds is 13. The molecule has 0 unspecified atom stereocenters. The summed E-state index contributed by atoms with van der Waals surface area (Å²) in [4.78, 5) is 2.70. The van der Waals surface area contributed by atoms with Gasteiger partial charge in [-0.1, -0.05) is 67.5 Å². The van der Waals surface area contributed by atoms with E-state index >= 15 is 0 Å². The monoisotopic (exact) mass is 562 g/mol. The molecule has 0 bridgehead atoms. The van der Waals surface area contributed by atoms with E-state index in [4.69, 9.17) is 14.0 Å². The second-order valence-corrected chi connectivity index (χ2v) is 12.1. The Kier molecular flexibility index (Phi) is 9.66. The van der Waals surface area contributed by atoms with Crippen molar-refractivity contribution in [1.29, 1.82) is 0 Å². The first-order valence-electron chi connectivity index (χ1n) is 13.5. The minimum Gasteiger partial charge on any atom is -0.493 e. The molecule has 0 aliphatic rings. The highest BCUT2D eigenvalue weighted by Crippen LogP contribution is 2.37. The zero-order valence-corrected chi connectivity index (χ0v) is 24.7. The molecule has 0 aliphatic carbocycles. The molecule has 40 heavy (non-hydrogen) atoms. The van der Waals surface area contributed by atoms with Gasteiger partial charge in [0.1, 0.15) is 10.6 Å². The number of aryl methyl sites for hydroxylation is 1. The molecule has 8 heteroatoms. The standard InChI is InChI=1S/C32H38N2O5S/c1-23(2)31-32(30(33-39-31)26-11-7-6-8-12-26)40(35,36)27-16-13-24(14-17-27)10-9-20-34(3)21-19-25-15-18-28(37-4)29(22-25)38-5/h6-8,11-18,22-23H,9-10,19-21H2,1-5H3. The van der Waals surface area contributed by atoms with Crippen molar-refractivity contribution in [3.05, 3.63) is 89.7 Å². The Morgan fingerprint density at radius 2 is 1.52 bits per heavy atom. The van der Waals surface area contributed by atoms with Gasteiger partial charge in [0.25, 0.3) is 0 Å². The Morgan fingerprint density at radius 3 is 2.17 bits per heavy atom. The first kappa shape index (κ1) is 29.4. The van der Waals surface area contributed by atoms with Crippen molar-refractivity contribution in [3.8, 4) is 22.8 Å². The molecule has 0 saturated heterocycles. The maximum Gasteiger partial charge on any atom is 0.212 e. The highest BCUT2D eigenvalue weighted by molar-refractivity contribution is 7.91. The number of nitrogens with zero attached hydrogens (tertiary/aromatic N) is 2. The van der Waals surface area contributed by atoms with Crippen LogP contribution >= 0.6 is 0 Å². The topological polar surface area (TPSA) is 81.9 Å². The second-order valence-electron chi connectivity index (χ2n) is 10.2. The van der Waals surface area contributed by atoms with E-state index in [1.807, 2.05) is 68.4 Å². The van der Waals surface area contributed by atoms with Gasteiger partial charge in [-0.15, -0.1) is 0 Å². The molecule has 0 N–H and O–H groups in total. The van der Waals surface area contributed by atoms with Crippen LogP contribution in [0.15, 0.2) is 87.1 Å². The summed E-state index contributed by atoms with van der Waals surface area (Å²) in [6.07, 6.45) is 2.74. The molecule has 1 aromatic heterocycles. The minimum atomic E-state index is -3.83. The van der Waals surface area contributed by atoms with Crippen LogP contribution in [0.1, 0.15) is 43.1 Å². The maximum absolute atomic E-state index is 13.8. The summed E-state index contributed by atoms with van der Waals surface area (Å²) in [5.74, 6) is 1.72. The summed E-state index contributed by atoms with van der Waals surface area (Å²) in [5, 5.41) is 4.15. The predicted molar refractivity (Wildman–Crippen MR) is 157 cm³/mol. The molecule has 4 aromatic rings. The maximum atomic E-state index is 13.8. The number of likely N-dealkylation sites (N-methyl/N-ethyl adjacent to an activating group) is 1. The Balaban J connectivity index is 1.38. The zero-order valence-electron chi connectivity index (χ0n) is 23.9. The van der Waals surface area contributed by atoms with Crippen molar-refractivity contribution < 1.29 is 22.4 Å². The van der Waals surface area contributed by atoms with E-state index in [-0.39, 0.29) is 15.7 Å². The molecule has 1 heterocycles. The number of methoxy groups -OCH3 is 2. The van der Waals surface area contributed by atoms with Gasteiger partial charge >= 0.3 is 0 Å². The number of hydrogen-bond acceptors (Lipinski definition) is 7. The van der Waals surface area contributed by atoms with Gasteiger partial charge in [0.15, 0.2) is 17.3 Å². The largest absolute Gasteiger partial charge is 0.493 e. The van der Waals surface area contributed by atoms with Crippen molar-refractivity contribution in [2.45, 2.75) is 48.8 Å². The molecule has 0 radical (unpaired) electrons. The molecule has 0 atom stereocenters. The van der Waals surface area contributed by atoms with Crippen molar-refractivity contribution >= 4 is 9.84 Å². The fourth-order valence-electron chi connectivity index (χ4n) is 4.68. The van der Waals surface area contributed by atoms with Gasteiger partial charge in [-0.3, -0.25) is 0 Å². The fourth-order valence-corrected chi connectivity index (χ4v) is 6.35. The van der Waals surface area contributed by atoms with Crippen LogP contribution in [0.25, 0.3) is 11.3 Å². The molecular formula is C32H38N2O5S. The summed E-state index contributed by atoms with van der Waals surface area (Å²) in [6.45, 7) is 5.67. The van der Waals surface area contributed by atoms with Gasteiger partial charge in [0.2, 0.25) is 9.84 Å². The van der Waals surface area contributed by atoms with Gasteiger partial charge in [-0.25, -0.2) is 8.42 Å². The first-order valence-corrected chi connectivity index (χ1v) is 15.0. The van der Waals surface area contributed by atoms with Crippen LogP contribution in [-0.4, -0.2) is 52.8 Å². The van der Waals surface area contributed by atoms with Crippen LogP contribution < -0.4 is 9.47 Å². The molecule has 0 saturated carbocycles. The van der Waals surface area contributed by atoms with E-state index in [0.29, 0.717) is 17.0 Å². The number of aromatic nitrogens is 1. The highest BCUT2D eigenvalue weighted by Gasteiger charge is 2.32. The Labute approximate surface area is 237 Å². The molecule has 0 aliphatic heterocycles. The summed E-state index contributed by atoms with van der Waals surface area (Å²) in [7, 11) is 1.58. The number of ether oxygens (including phenoxy) is 2. The van der Waals surface area contributed by atoms with Crippen LogP contribution in [0, 0.1) is 0 Å². The van der Waals surface area contributed by atoms with Crippen LogP contribution in [0.4, 0.5) is 0 Å². The Hall–Kier alpha value is -3.62. The summed E-state index contributed by atoms with van der Waals surface area (Å²) in [5.41, 5.74) is 3.36. The average molecular weight is 563 g/mol. The molecule has 4 rings (SSSR count). The zero-order chi connectivity index (χ0) is 28.7. The van der Waals surface area contributed by atoms with E-state index in [2.05, 4.69) is 23.2 Å². The van der Waals surface area contributed by atoms with Crippen molar-refractivity contribution in [1.82, 2.24) is 10.1 Å². The third-order valence-electron chi connectivity index (χ3n) is 6.98. The minimum absolute atomic E-state index is 0.127. The third kappa shape index (κ3) is 6.74. The van der Waals surface area contributed by atoms with Gasteiger partial charge < -0.3 is 18.9 Å². The lowest BCUT2D eigenvalue weighted by Gasteiger charge is -2.17. The van der Waals surface area contributed by atoms with Crippen molar-refractivity contribution in [3.63, 3.8) is 0 Å². The fraction of sp³-hybridized carbons (Fsp3) is 0.344. The van der Waals surface area contributed by atoms with Gasteiger partial charge in [-0.2, -0.15) is 0 Å². The number of benzene rings is 3. The molecule has 0 amide bonds. The molecule has 3 aromatic carbocycles. The van der Waals surface area contributed by atoms with E-state index in [1.54, 1.807) is 26.4 Å². The van der Waals surface area contributed by atoms with E-state index in [9.17, 15) is 8.42 Å². The summed E-state index contributed by atoms with van der Waals surface area (Å²) >= 11 is 0. The molecule has 7 nitrogen and oxygen atoms in total. The molecule has 0 spiro atoms. The molecule has 0 fully saturated rings.